The summed E-state index contributed by atoms with van der Waals surface area (Å²) in [6.07, 6.45) is 5.48. The Bertz CT molecular complexity index is 484. The monoisotopic (exact) mass is 158 g/mol. The van der Waals surface area contributed by atoms with Crippen molar-refractivity contribution in [3.05, 3.63) is 30.7 Å². The van der Waals surface area contributed by atoms with E-state index in [1.807, 2.05) is 22.8 Å². The zero-order chi connectivity index (χ0) is 7.97. The molecule has 0 spiro atoms. The average Bonchev–Trinajstić information content (AvgIpc) is 2.71. The highest BCUT2D eigenvalue weighted by Gasteiger charge is 2.00. The molecule has 0 saturated heterocycles. The molecule has 3 aromatic rings. The van der Waals surface area contributed by atoms with Crippen LogP contribution < -0.4 is 0 Å². The second-order valence-electron chi connectivity index (χ2n) is 2.68. The highest BCUT2D eigenvalue weighted by atomic mass is 15.2. The molecule has 12 heavy (non-hydrogen) atoms. The number of hydrogen-bond acceptors (Lipinski definition) is 2. The number of hydrogen-bond donors (Lipinski definition) is 1. The summed E-state index contributed by atoms with van der Waals surface area (Å²) in [7, 11) is 0. The van der Waals surface area contributed by atoms with Gasteiger partial charge in [0.05, 0.1) is 23.4 Å². The summed E-state index contributed by atoms with van der Waals surface area (Å²) < 4.78 is 1.82. The van der Waals surface area contributed by atoms with Crippen LogP contribution in [-0.4, -0.2) is 19.8 Å². The van der Waals surface area contributed by atoms with Gasteiger partial charge in [0.1, 0.15) is 0 Å². The van der Waals surface area contributed by atoms with E-state index >= 15 is 0 Å². The van der Waals surface area contributed by atoms with Gasteiger partial charge in [-0.3, -0.25) is 5.10 Å². The molecule has 1 N–H and O–H groups in total. The lowest BCUT2D eigenvalue weighted by Gasteiger charge is -1.92. The molecule has 4 nitrogen and oxygen atoms in total. The van der Waals surface area contributed by atoms with Crippen LogP contribution in [-0.2, 0) is 0 Å². The average molecular weight is 158 g/mol. The Labute approximate surface area is 67.8 Å². The molecule has 0 aliphatic heterocycles. The number of H-pyrrole nitrogens is 1. The minimum atomic E-state index is 1.04. The molecule has 0 fully saturated rings. The molecular formula is C8H6N4. The van der Waals surface area contributed by atoms with Crippen molar-refractivity contribution in [2.24, 2.45) is 0 Å². The first-order valence-electron chi connectivity index (χ1n) is 3.70. The Hall–Kier alpha value is -1.84. The Morgan fingerprint density at radius 1 is 1.33 bits per heavy atom. The largest absolute Gasteiger partial charge is 0.276 e. The van der Waals surface area contributed by atoms with Crippen LogP contribution >= 0.6 is 0 Å². The highest BCUT2D eigenvalue weighted by molar-refractivity contribution is 5.90. The molecule has 58 valence electrons. The number of fused-ring (bicyclic) bond motifs is 3. The van der Waals surface area contributed by atoms with Crippen molar-refractivity contribution in [2.75, 3.05) is 0 Å². The smallest absolute Gasteiger partial charge is 0.0923 e. The van der Waals surface area contributed by atoms with Gasteiger partial charge in [-0.15, -0.1) is 0 Å². The first-order valence-corrected chi connectivity index (χ1v) is 3.70. The third-order valence-electron chi connectivity index (χ3n) is 1.97. The number of aromatic nitrogens is 4. The van der Waals surface area contributed by atoms with Crippen LogP contribution in [0.1, 0.15) is 0 Å². The Morgan fingerprint density at radius 3 is 3.33 bits per heavy atom. The van der Waals surface area contributed by atoms with Gasteiger partial charge in [-0.2, -0.15) is 10.2 Å². The van der Waals surface area contributed by atoms with Gasteiger partial charge in [-0.1, -0.05) is 0 Å². The maximum absolute atomic E-state index is 4.20. The summed E-state index contributed by atoms with van der Waals surface area (Å²) in [5.74, 6) is 0. The number of rotatable bonds is 0. The Morgan fingerprint density at radius 2 is 2.33 bits per heavy atom. The van der Waals surface area contributed by atoms with Crippen LogP contribution in [0.25, 0.3) is 16.4 Å². The first kappa shape index (κ1) is 5.77. The predicted molar refractivity (Wildman–Crippen MR) is 44.8 cm³/mol. The third-order valence-corrected chi connectivity index (χ3v) is 1.97. The van der Waals surface area contributed by atoms with E-state index in [1.54, 1.807) is 12.4 Å². The number of aromatic amines is 1. The number of nitrogens with zero attached hydrogens (tertiary/aromatic N) is 3. The molecule has 3 rings (SSSR count). The molecule has 3 aromatic heterocycles. The Balaban J connectivity index is 2.71. The fourth-order valence-electron chi connectivity index (χ4n) is 1.39. The van der Waals surface area contributed by atoms with Crippen LogP contribution in [0.4, 0.5) is 0 Å². The quantitative estimate of drug-likeness (QED) is 0.534. The van der Waals surface area contributed by atoms with E-state index in [2.05, 4.69) is 15.3 Å². The zero-order valence-corrected chi connectivity index (χ0v) is 6.23. The second kappa shape index (κ2) is 1.85. The van der Waals surface area contributed by atoms with Crippen molar-refractivity contribution >= 4 is 16.4 Å². The first-order chi connectivity index (χ1) is 5.95. The summed E-state index contributed by atoms with van der Waals surface area (Å²) >= 11 is 0. The molecule has 0 aromatic carbocycles. The standard InChI is InChI=1S/C8H6N4/c1-2-7-8-6(4-9-11-8)5-10-12(7)3-1/h1-5H,(H,9,11). The molecule has 3 heterocycles. The summed E-state index contributed by atoms with van der Waals surface area (Å²) in [5, 5.41) is 12.1. The molecule has 0 atom stereocenters. The van der Waals surface area contributed by atoms with Crippen molar-refractivity contribution in [3.63, 3.8) is 0 Å². The van der Waals surface area contributed by atoms with Crippen molar-refractivity contribution in [1.29, 1.82) is 0 Å². The second-order valence-corrected chi connectivity index (χ2v) is 2.68. The lowest BCUT2D eigenvalue weighted by molar-refractivity contribution is 0.951. The molecular weight excluding hydrogens is 152 g/mol. The predicted octanol–water partition coefficient (Wildman–Crippen LogP) is 1.21. The molecule has 0 saturated carbocycles. The molecule has 0 bridgehead atoms. The van der Waals surface area contributed by atoms with Crippen LogP contribution in [0.2, 0.25) is 0 Å². The van der Waals surface area contributed by atoms with Gasteiger partial charge in [0.2, 0.25) is 0 Å². The minimum Gasteiger partial charge on any atom is -0.276 e. The maximum Gasteiger partial charge on any atom is 0.0923 e. The van der Waals surface area contributed by atoms with E-state index in [-0.39, 0.29) is 0 Å². The van der Waals surface area contributed by atoms with Crippen LogP contribution in [0, 0.1) is 0 Å². The zero-order valence-electron chi connectivity index (χ0n) is 6.23. The summed E-state index contributed by atoms with van der Waals surface area (Å²) in [5.41, 5.74) is 2.10. The molecule has 4 heteroatoms. The molecule has 0 radical (unpaired) electrons. The van der Waals surface area contributed by atoms with Crippen molar-refractivity contribution in [1.82, 2.24) is 19.8 Å². The van der Waals surface area contributed by atoms with Gasteiger partial charge in [-0.25, -0.2) is 4.52 Å². The molecule has 0 aliphatic carbocycles. The van der Waals surface area contributed by atoms with Crippen molar-refractivity contribution < 1.29 is 0 Å². The lowest BCUT2D eigenvalue weighted by atomic mass is 10.3. The van der Waals surface area contributed by atoms with E-state index in [0.717, 1.165) is 16.4 Å². The fraction of sp³-hybridized carbons (Fsp3) is 0. The van der Waals surface area contributed by atoms with E-state index in [9.17, 15) is 0 Å². The van der Waals surface area contributed by atoms with Crippen molar-refractivity contribution in [2.45, 2.75) is 0 Å². The molecule has 0 aliphatic rings. The maximum atomic E-state index is 4.20. The van der Waals surface area contributed by atoms with Gasteiger partial charge in [0, 0.05) is 11.6 Å². The molecule has 0 amide bonds. The van der Waals surface area contributed by atoms with E-state index in [1.165, 1.54) is 0 Å². The van der Waals surface area contributed by atoms with Gasteiger partial charge in [0.25, 0.3) is 0 Å². The van der Waals surface area contributed by atoms with E-state index < -0.39 is 0 Å². The van der Waals surface area contributed by atoms with Gasteiger partial charge in [-0.05, 0) is 12.1 Å². The topological polar surface area (TPSA) is 46.0 Å². The SMILES string of the molecule is c1cc2c3[nH]ncc3cnn2c1. The van der Waals surface area contributed by atoms with Crippen molar-refractivity contribution in [3.8, 4) is 0 Å². The van der Waals surface area contributed by atoms with Crippen LogP contribution in [0.3, 0.4) is 0 Å². The highest BCUT2D eigenvalue weighted by Crippen LogP contribution is 2.14. The number of nitrogens with one attached hydrogen (secondary N) is 1. The lowest BCUT2D eigenvalue weighted by Crippen LogP contribution is -1.87. The molecule has 0 unspecified atom stereocenters. The fourth-order valence-corrected chi connectivity index (χ4v) is 1.39. The normalized spacial score (nSPS) is 11.3. The van der Waals surface area contributed by atoms with E-state index in [4.69, 9.17) is 0 Å². The van der Waals surface area contributed by atoms with Gasteiger partial charge < -0.3 is 0 Å². The van der Waals surface area contributed by atoms with Gasteiger partial charge in [0.15, 0.2) is 0 Å². The summed E-state index contributed by atoms with van der Waals surface area (Å²) in [6.45, 7) is 0. The Kier molecular flexibility index (Phi) is 0.889. The van der Waals surface area contributed by atoms with E-state index in [0.29, 0.717) is 0 Å². The summed E-state index contributed by atoms with van der Waals surface area (Å²) in [6, 6.07) is 3.97. The third kappa shape index (κ3) is 0.567. The van der Waals surface area contributed by atoms with Crippen LogP contribution in [0.15, 0.2) is 30.7 Å². The summed E-state index contributed by atoms with van der Waals surface area (Å²) in [4.78, 5) is 0. The van der Waals surface area contributed by atoms with Gasteiger partial charge >= 0.3 is 0 Å². The van der Waals surface area contributed by atoms with Crippen LogP contribution in [0.5, 0.6) is 0 Å². The minimum absolute atomic E-state index is 1.04.